The minimum absolute atomic E-state index is 0.0763. The van der Waals surface area contributed by atoms with E-state index in [1.165, 1.54) is 6.07 Å². The van der Waals surface area contributed by atoms with Gasteiger partial charge in [0.1, 0.15) is 5.82 Å². The highest BCUT2D eigenvalue weighted by Crippen LogP contribution is 2.28. The Kier molecular flexibility index (Phi) is 8.79. The van der Waals surface area contributed by atoms with Gasteiger partial charge in [-0.15, -0.1) is 0 Å². The number of aryl methyl sites for hydroxylation is 1. The predicted molar refractivity (Wildman–Crippen MR) is 128 cm³/mol. The molecule has 1 unspecified atom stereocenters. The maximum Gasteiger partial charge on any atom is 0.227 e. The summed E-state index contributed by atoms with van der Waals surface area (Å²) in [5.41, 5.74) is 1.67. The van der Waals surface area contributed by atoms with Crippen molar-refractivity contribution in [2.24, 2.45) is 13.0 Å². The molecule has 2 heterocycles. The molecule has 2 amide bonds. The number of rotatable bonds is 9. The smallest absolute Gasteiger partial charge is 0.227 e. The first-order chi connectivity index (χ1) is 15.4. The summed E-state index contributed by atoms with van der Waals surface area (Å²) in [6.07, 6.45) is 8.95. The van der Waals surface area contributed by atoms with Gasteiger partial charge < -0.3 is 14.4 Å². The van der Waals surface area contributed by atoms with Gasteiger partial charge in [-0.1, -0.05) is 18.2 Å². The van der Waals surface area contributed by atoms with Gasteiger partial charge in [-0.25, -0.2) is 4.39 Å². The van der Waals surface area contributed by atoms with Crippen LogP contribution < -0.4 is 0 Å². The largest absolute Gasteiger partial charge is 0.357 e. The second kappa shape index (κ2) is 11.5. The topological polar surface area (TPSA) is 45.6 Å². The lowest BCUT2D eigenvalue weighted by Gasteiger charge is -2.40. The Morgan fingerprint density at radius 2 is 1.94 bits per heavy atom. The van der Waals surface area contributed by atoms with Gasteiger partial charge in [0.25, 0.3) is 0 Å². The van der Waals surface area contributed by atoms with Crippen LogP contribution in [0.5, 0.6) is 0 Å². The van der Waals surface area contributed by atoms with E-state index >= 15 is 0 Å². The Hall–Kier alpha value is -2.28. The molecule has 1 fully saturated rings. The van der Waals surface area contributed by atoms with Crippen molar-refractivity contribution in [2.45, 2.75) is 38.1 Å². The second-order valence-electron chi connectivity index (χ2n) is 8.69. The molecule has 0 bridgehead atoms. The van der Waals surface area contributed by atoms with Crippen LogP contribution in [-0.4, -0.2) is 64.4 Å². The number of thioether (sulfide) groups is 1. The van der Waals surface area contributed by atoms with Crippen molar-refractivity contribution in [1.82, 2.24) is 14.4 Å². The van der Waals surface area contributed by atoms with Crippen LogP contribution in [0.4, 0.5) is 4.39 Å². The summed E-state index contributed by atoms with van der Waals surface area (Å²) in [4.78, 5) is 29.3. The fourth-order valence-electron chi connectivity index (χ4n) is 4.55. The molecule has 0 radical (unpaired) electrons. The maximum atomic E-state index is 14.4. The van der Waals surface area contributed by atoms with Gasteiger partial charge >= 0.3 is 0 Å². The summed E-state index contributed by atoms with van der Waals surface area (Å²) >= 11 is 1.65. The molecule has 1 saturated heterocycles. The van der Waals surface area contributed by atoms with Crippen LogP contribution in [0.15, 0.2) is 42.7 Å². The molecule has 174 valence electrons. The van der Waals surface area contributed by atoms with Crippen LogP contribution in [-0.2, 0) is 29.5 Å². The van der Waals surface area contributed by atoms with Crippen LogP contribution >= 0.6 is 11.8 Å². The molecule has 0 saturated carbocycles. The normalized spacial score (nSPS) is 15.6. The van der Waals surface area contributed by atoms with Crippen molar-refractivity contribution in [1.29, 1.82) is 0 Å². The molecule has 1 aliphatic rings. The number of hydrogen-bond acceptors (Lipinski definition) is 3. The average Bonchev–Trinajstić information content (AvgIpc) is 3.21. The summed E-state index contributed by atoms with van der Waals surface area (Å²) in [7, 11) is 3.80. The molecule has 0 spiro atoms. The second-order valence-corrected chi connectivity index (χ2v) is 9.68. The molecule has 32 heavy (non-hydrogen) atoms. The van der Waals surface area contributed by atoms with E-state index < -0.39 is 0 Å². The summed E-state index contributed by atoms with van der Waals surface area (Å²) in [5.74, 6) is 1.03. The number of nitrogens with zero attached hydrogens (tertiary/aromatic N) is 3. The highest BCUT2D eigenvalue weighted by molar-refractivity contribution is 7.98. The summed E-state index contributed by atoms with van der Waals surface area (Å²) in [5, 5.41) is 0. The van der Waals surface area contributed by atoms with E-state index in [-0.39, 0.29) is 29.6 Å². The minimum atomic E-state index is -0.224. The molecular formula is C25H34FN3O2S. The quantitative estimate of drug-likeness (QED) is 0.574. The Labute approximate surface area is 195 Å². The molecule has 1 aromatic heterocycles. The van der Waals surface area contributed by atoms with Crippen molar-refractivity contribution in [3.05, 3.63) is 59.7 Å². The van der Waals surface area contributed by atoms with Gasteiger partial charge in [0.2, 0.25) is 11.8 Å². The molecule has 7 heteroatoms. The lowest BCUT2D eigenvalue weighted by Crippen LogP contribution is -2.48. The number of piperidine rings is 1. The SMILES string of the molecule is CSCCC(=O)N(C)C(Cc1ccccc1F)C1CCN(C(=O)Cc2ccn(C)c2)CC1. The molecule has 0 aliphatic carbocycles. The van der Waals surface area contributed by atoms with Crippen LogP contribution in [0.2, 0.25) is 0 Å². The summed E-state index contributed by atoms with van der Waals surface area (Å²) < 4.78 is 16.4. The van der Waals surface area contributed by atoms with Crippen molar-refractivity contribution in [3.63, 3.8) is 0 Å². The monoisotopic (exact) mass is 459 g/mol. The van der Waals surface area contributed by atoms with Gasteiger partial charge in [-0.05, 0) is 54.7 Å². The van der Waals surface area contributed by atoms with Crippen LogP contribution in [0.25, 0.3) is 0 Å². The van der Waals surface area contributed by atoms with E-state index in [0.717, 1.165) is 24.2 Å². The molecule has 2 aromatic rings. The molecule has 1 aliphatic heterocycles. The van der Waals surface area contributed by atoms with Crippen molar-refractivity contribution in [2.75, 3.05) is 32.1 Å². The Morgan fingerprint density at radius 1 is 1.22 bits per heavy atom. The highest BCUT2D eigenvalue weighted by Gasteiger charge is 2.33. The van der Waals surface area contributed by atoms with Gasteiger partial charge in [-0.3, -0.25) is 9.59 Å². The molecule has 1 atom stereocenters. The minimum Gasteiger partial charge on any atom is -0.357 e. The zero-order valence-electron chi connectivity index (χ0n) is 19.3. The van der Waals surface area contributed by atoms with E-state index in [9.17, 15) is 14.0 Å². The number of carbonyl (C=O) groups excluding carboxylic acids is 2. The standard InChI is InChI=1S/C25H34FN3O2S/c1-27-12-8-19(18-27)16-25(31)29-13-9-20(10-14-29)23(28(2)24(30)11-15-32-3)17-21-6-4-5-7-22(21)26/h4-8,12,18,20,23H,9-11,13-17H2,1-3H3. The van der Waals surface area contributed by atoms with Gasteiger partial charge in [0.05, 0.1) is 6.42 Å². The van der Waals surface area contributed by atoms with Crippen LogP contribution in [0.3, 0.4) is 0 Å². The van der Waals surface area contributed by atoms with Crippen LogP contribution in [0, 0.1) is 11.7 Å². The number of likely N-dealkylation sites (tertiary alicyclic amines) is 1. The zero-order valence-corrected chi connectivity index (χ0v) is 20.1. The first-order valence-electron chi connectivity index (χ1n) is 11.3. The van der Waals surface area contributed by atoms with E-state index in [2.05, 4.69) is 0 Å². The van der Waals surface area contributed by atoms with Crippen molar-refractivity contribution >= 4 is 23.6 Å². The first kappa shape index (κ1) is 24.4. The average molecular weight is 460 g/mol. The lowest BCUT2D eigenvalue weighted by molar-refractivity contribution is -0.135. The van der Waals surface area contributed by atoms with E-state index in [0.29, 0.717) is 37.9 Å². The number of amides is 2. The number of halogens is 1. The summed E-state index contributed by atoms with van der Waals surface area (Å²) in [6, 6.07) is 8.72. The zero-order chi connectivity index (χ0) is 23.1. The summed E-state index contributed by atoms with van der Waals surface area (Å²) in [6.45, 7) is 1.36. The van der Waals surface area contributed by atoms with Crippen molar-refractivity contribution < 1.29 is 14.0 Å². The fraction of sp³-hybridized carbons (Fsp3) is 0.520. The van der Waals surface area contributed by atoms with Crippen LogP contribution in [0.1, 0.15) is 30.4 Å². The maximum absolute atomic E-state index is 14.4. The lowest BCUT2D eigenvalue weighted by atomic mass is 9.84. The highest BCUT2D eigenvalue weighted by atomic mass is 32.2. The van der Waals surface area contributed by atoms with E-state index in [1.807, 2.05) is 59.2 Å². The van der Waals surface area contributed by atoms with Gasteiger partial charge in [0, 0.05) is 57.8 Å². The Bertz CT molecular complexity index is 908. The Morgan fingerprint density at radius 3 is 2.56 bits per heavy atom. The Balaban J connectivity index is 1.66. The molecule has 5 nitrogen and oxygen atoms in total. The third-order valence-corrected chi connectivity index (χ3v) is 7.10. The molecule has 0 N–H and O–H groups in total. The number of likely N-dealkylation sites (N-methyl/N-ethyl adjacent to an activating group) is 1. The van der Waals surface area contributed by atoms with Gasteiger partial charge in [0.15, 0.2) is 0 Å². The fourth-order valence-corrected chi connectivity index (χ4v) is 4.92. The number of aromatic nitrogens is 1. The first-order valence-corrected chi connectivity index (χ1v) is 12.6. The third kappa shape index (κ3) is 6.37. The molecule has 3 rings (SSSR count). The number of hydrogen-bond donors (Lipinski definition) is 0. The van der Waals surface area contributed by atoms with Gasteiger partial charge in [-0.2, -0.15) is 11.8 Å². The number of carbonyl (C=O) groups is 2. The predicted octanol–water partition coefficient (Wildman–Crippen LogP) is 3.77. The molecule has 1 aromatic carbocycles. The van der Waals surface area contributed by atoms with Crippen molar-refractivity contribution in [3.8, 4) is 0 Å². The third-order valence-electron chi connectivity index (χ3n) is 6.48. The molecular weight excluding hydrogens is 425 g/mol. The number of benzene rings is 1. The van der Waals surface area contributed by atoms with E-state index in [4.69, 9.17) is 0 Å². The van der Waals surface area contributed by atoms with E-state index in [1.54, 1.807) is 23.9 Å².